The van der Waals surface area contributed by atoms with Gasteiger partial charge in [-0.2, -0.15) is 0 Å². The summed E-state index contributed by atoms with van der Waals surface area (Å²) in [5.74, 6) is -0.258. The van der Waals surface area contributed by atoms with E-state index in [-0.39, 0.29) is 30.8 Å². The van der Waals surface area contributed by atoms with E-state index in [1.54, 1.807) is 6.92 Å². The van der Waals surface area contributed by atoms with Crippen LogP contribution in [0.25, 0.3) is 0 Å². The molecule has 1 aromatic rings. The number of carbonyl (C=O) groups is 1. The Balaban J connectivity index is 0.00000361. The lowest BCUT2D eigenvalue weighted by molar-refractivity contribution is -0.126. The number of hydrogen-bond donors (Lipinski definition) is 3. The molecule has 4 N–H and O–H groups in total. The van der Waals surface area contributed by atoms with E-state index < -0.39 is 5.54 Å². The Bertz CT molecular complexity index is 396. The minimum absolute atomic E-state index is 0. The van der Waals surface area contributed by atoms with E-state index in [0.717, 1.165) is 12.0 Å². The second-order valence-corrected chi connectivity index (χ2v) is 5.17. The van der Waals surface area contributed by atoms with Gasteiger partial charge in [-0.25, -0.2) is 0 Å². The number of halogens is 1. The zero-order chi connectivity index (χ0) is 14.3. The van der Waals surface area contributed by atoms with Crippen LogP contribution in [0.4, 0.5) is 0 Å². The van der Waals surface area contributed by atoms with Gasteiger partial charge >= 0.3 is 0 Å². The highest BCUT2D eigenvalue weighted by atomic mass is 35.5. The Hall–Kier alpha value is -1.10. The second kappa shape index (κ2) is 8.95. The summed E-state index contributed by atoms with van der Waals surface area (Å²) >= 11 is 0. The summed E-state index contributed by atoms with van der Waals surface area (Å²) in [4.78, 5) is 12.0. The van der Waals surface area contributed by atoms with Gasteiger partial charge in [0, 0.05) is 12.5 Å². The third-order valence-electron chi connectivity index (χ3n) is 3.29. The second-order valence-electron chi connectivity index (χ2n) is 5.17. The molecule has 5 heteroatoms. The third-order valence-corrected chi connectivity index (χ3v) is 3.29. The van der Waals surface area contributed by atoms with Crippen LogP contribution in [-0.4, -0.2) is 29.7 Å². The fourth-order valence-corrected chi connectivity index (χ4v) is 2.06. The first-order valence-corrected chi connectivity index (χ1v) is 6.74. The van der Waals surface area contributed by atoms with Crippen LogP contribution in [0.3, 0.4) is 0 Å². The van der Waals surface area contributed by atoms with Gasteiger partial charge in [-0.3, -0.25) is 4.79 Å². The molecule has 0 heterocycles. The maximum atomic E-state index is 12.0. The molecule has 0 aromatic heterocycles. The van der Waals surface area contributed by atoms with Gasteiger partial charge in [0.2, 0.25) is 5.91 Å². The van der Waals surface area contributed by atoms with Crippen LogP contribution in [0.1, 0.15) is 38.2 Å². The molecule has 4 nitrogen and oxygen atoms in total. The SMILES string of the molecule is CCCC(C)(N)C(=O)NCC(CO)c1ccccc1.Cl. The number of carbonyl (C=O) groups excluding carboxylic acids is 1. The van der Waals surface area contributed by atoms with Crippen molar-refractivity contribution in [3.8, 4) is 0 Å². The Morgan fingerprint density at radius 1 is 1.40 bits per heavy atom. The van der Waals surface area contributed by atoms with Gasteiger partial charge in [0.1, 0.15) is 0 Å². The lowest BCUT2D eigenvalue weighted by Crippen LogP contribution is -2.52. The van der Waals surface area contributed by atoms with Crippen molar-refractivity contribution in [3.05, 3.63) is 35.9 Å². The first kappa shape index (κ1) is 18.9. The molecule has 2 unspecified atom stereocenters. The zero-order valence-electron chi connectivity index (χ0n) is 12.1. The van der Waals surface area contributed by atoms with Crippen molar-refractivity contribution in [2.45, 2.75) is 38.1 Å². The predicted octanol–water partition coefficient (Wildman–Crippen LogP) is 1.82. The maximum Gasteiger partial charge on any atom is 0.239 e. The first-order valence-electron chi connectivity index (χ1n) is 6.74. The summed E-state index contributed by atoms with van der Waals surface area (Å²) < 4.78 is 0. The van der Waals surface area contributed by atoms with E-state index in [4.69, 9.17) is 5.73 Å². The monoisotopic (exact) mass is 300 g/mol. The molecule has 2 atom stereocenters. The van der Waals surface area contributed by atoms with E-state index in [0.29, 0.717) is 13.0 Å². The van der Waals surface area contributed by atoms with Crippen LogP contribution in [0.5, 0.6) is 0 Å². The van der Waals surface area contributed by atoms with Gasteiger partial charge in [-0.05, 0) is 18.9 Å². The molecule has 20 heavy (non-hydrogen) atoms. The average Bonchev–Trinajstić information content (AvgIpc) is 2.40. The van der Waals surface area contributed by atoms with Gasteiger partial charge in [0.05, 0.1) is 12.1 Å². The Morgan fingerprint density at radius 2 is 2.00 bits per heavy atom. The summed E-state index contributed by atoms with van der Waals surface area (Å²) in [5.41, 5.74) is 6.13. The van der Waals surface area contributed by atoms with Gasteiger partial charge < -0.3 is 16.2 Å². The van der Waals surface area contributed by atoms with Crippen molar-refractivity contribution < 1.29 is 9.90 Å². The number of aliphatic hydroxyl groups excluding tert-OH is 1. The van der Waals surface area contributed by atoms with Gasteiger partial charge in [0.15, 0.2) is 0 Å². The largest absolute Gasteiger partial charge is 0.396 e. The predicted molar refractivity (Wildman–Crippen MR) is 84.0 cm³/mol. The minimum Gasteiger partial charge on any atom is -0.396 e. The van der Waals surface area contributed by atoms with Crippen molar-refractivity contribution in [3.63, 3.8) is 0 Å². The van der Waals surface area contributed by atoms with Crippen LogP contribution >= 0.6 is 12.4 Å². The maximum absolute atomic E-state index is 12.0. The summed E-state index contributed by atoms with van der Waals surface area (Å²) in [6.07, 6.45) is 1.51. The molecule has 0 radical (unpaired) electrons. The van der Waals surface area contributed by atoms with Crippen molar-refractivity contribution in [2.24, 2.45) is 5.73 Å². The van der Waals surface area contributed by atoms with Gasteiger partial charge in [-0.1, -0.05) is 43.7 Å². The third kappa shape index (κ3) is 5.49. The number of rotatable bonds is 7. The lowest BCUT2D eigenvalue weighted by atomic mass is 9.95. The molecule has 0 aliphatic carbocycles. The van der Waals surface area contributed by atoms with Crippen molar-refractivity contribution in [1.82, 2.24) is 5.32 Å². The number of amides is 1. The van der Waals surface area contributed by atoms with Gasteiger partial charge in [0.25, 0.3) is 0 Å². The lowest BCUT2D eigenvalue weighted by Gasteiger charge is -2.24. The quantitative estimate of drug-likeness (QED) is 0.719. The molecule has 0 fully saturated rings. The highest BCUT2D eigenvalue weighted by Gasteiger charge is 2.27. The molecule has 0 spiro atoms. The van der Waals surface area contributed by atoms with Crippen molar-refractivity contribution >= 4 is 18.3 Å². The topological polar surface area (TPSA) is 75.4 Å². The molecule has 0 aliphatic rings. The highest BCUT2D eigenvalue weighted by molar-refractivity contribution is 5.85. The molecular formula is C15H25ClN2O2. The van der Waals surface area contributed by atoms with E-state index in [1.165, 1.54) is 0 Å². The summed E-state index contributed by atoms with van der Waals surface area (Å²) in [6, 6.07) is 9.66. The average molecular weight is 301 g/mol. The Labute approximate surface area is 127 Å². The van der Waals surface area contributed by atoms with Crippen LogP contribution in [0, 0.1) is 0 Å². The number of aliphatic hydroxyl groups is 1. The normalized spacial score (nSPS) is 14.8. The van der Waals surface area contributed by atoms with Crippen LogP contribution < -0.4 is 11.1 Å². The zero-order valence-corrected chi connectivity index (χ0v) is 13.0. The Kier molecular flexibility index (Phi) is 8.46. The Morgan fingerprint density at radius 3 is 2.50 bits per heavy atom. The van der Waals surface area contributed by atoms with E-state index >= 15 is 0 Å². The number of benzene rings is 1. The smallest absolute Gasteiger partial charge is 0.239 e. The first-order chi connectivity index (χ1) is 9.01. The van der Waals surface area contributed by atoms with Gasteiger partial charge in [-0.15, -0.1) is 12.4 Å². The molecule has 0 aliphatic heterocycles. The molecule has 1 rings (SSSR count). The number of nitrogens with one attached hydrogen (secondary N) is 1. The minimum atomic E-state index is -0.842. The van der Waals surface area contributed by atoms with E-state index in [2.05, 4.69) is 5.32 Å². The van der Waals surface area contributed by atoms with E-state index in [1.807, 2.05) is 37.3 Å². The number of hydrogen-bond acceptors (Lipinski definition) is 3. The van der Waals surface area contributed by atoms with Crippen LogP contribution in [-0.2, 0) is 4.79 Å². The highest BCUT2D eigenvalue weighted by Crippen LogP contribution is 2.14. The number of nitrogens with two attached hydrogens (primary N) is 1. The van der Waals surface area contributed by atoms with Crippen molar-refractivity contribution in [2.75, 3.05) is 13.2 Å². The fourth-order valence-electron chi connectivity index (χ4n) is 2.06. The molecular weight excluding hydrogens is 276 g/mol. The molecule has 0 saturated carbocycles. The standard InChI is InChI=1S/C15H24N2O2.ClH/c1-3-9-15(2,16)14(19)17-10-13(11-18)12-7-5-4-6-8-12;/h4-8,13,18H,3,9-11,16H2,1-2H3,(H,17,19);1H. The van der Waals surface area contributed by atoms with Crippen LogP contribution in [0.15, 0.2) is 30.3 Å². The summed E-state index contributed by atoms with van der Waals surface area (Å²) in [5, 5.41) is 12.2. The molecule has 114 valence electrons. The van der Waals surface area contributed by atoms with E-state index in [9.17, 15) is 9.90 Å². The molecule has 1 aromatic carbocycles. The summed E-state index contributed by atoms with van der Waals surface area (Å²) in [7, 11) is 0. The molecule has 0 bridgehead atoms. The van der Waals surface area contributed by atoms with Crippen LogP contribution in [0.2, 0.25) is 0 Å². The van der Waals surface area contributed by atoms with Crippen molar-refractivity contribution in [1.29, 1.82) is 0 Å². The fraction of sp³-hybridized carbons (Fsp3) is 0.533. The summed E-state index contributed by atoms with van der Waals surface area (Å²) in [6.45, 7) is 4.14. The molecule has 0 saturated heterocycles. The molecule has 1 amide bonds.